The molecule has 0 aliphatic heterocycles. The van der Waals surface area contributed by atoms with Gasteiger partial charge in [-0.2, -0.15) is 0 Å². The Hall–Kier alpha value is 0.430. The minimum Gasteiger partial charge on any atom is -0.229 e. The van der Waals surface area contributed by atoms with Gasteiger partial charge in [0.1, 0.15) is 0 Å². The first-order valence-corrected chi connectivity index (χ1v) is 8.26. The van der Waals surface area contributed by atoms with Crippen LogP contribution < -0.4 is 0 Å². The normalized spacial score (nSPS) is 14.2. The molecule has 1 unspecified atom stereocenters. The Bertz CT molecular complexity index is 224. The summed E-state index contributed by atoms with van der Waals surface area (Å²) in [6, 6.07) is 0. The lowest BCUT2D eigenvalue weighted by Gasteiger charge is -2.12. The summed E-state index contributed by atoms with van der Waals surface area (Å²) in [4.78, 5) is 0. The highest BCUT2D eigenvalue weighted by Crippen LogP contribution is 2.13. The van der Waals surface area contributed by atoms with Gasteiger partial charge < -0.3 is 0 Å². The highest BCUT2D eigenvalue weighted by Gasteiger charge is 2.17. The predicted octanol–water partition coefficient (Wildman–Crippen LogP) is 3.01. The summed E-state index contributed by atoms with van der Waals surface area (Å²) >= 11 is 3.37. The topological polar surface area (TPSA) is 34.1 Å². The van der Waals surface area contributed by atoms with E-state index in [0.29, 0.717) is 17.4 Å². The highest BCUT2D eigenvalue weighted by molar-refractivity contribution is 9.09. The van der Waals surface area contributed by atoms with E-state index in [2.05, 4.69) is 22.9 Å². The van der Waals surface area contributed by atoms with Crippen molar-refractivity contribution in [1.82, 2.24) is 0 Å². The van der Waals surface area contributed by atoms with Crippen molar-refractivity contribution in [3.05, 3.63) is 0 Å². The molecule has 0 aromatic carbocycles. The van der Waals surface area contributed by atoms with E-state index in [0.717, 1.165) is 31.0 Å². The Morgan fingerprint density at radius 3 is 2.29 bits per heavy atom. The fraction of sp³-hybridized carbons (Fsp3) is 1.00. The molecular weight excluding hydrogens is 264 g/mol. The van der Waals surface area contributed by atoms with Crippen LogP contribution in [0.3, 0.4) is 0 Å². The summed E-state index contributed by atoms with van der Waals surface area (Å²) in [7, 11) is -2.81. The van der Waals surface area contributed by atoms with Crippen LogP contribution in [0.4, 0.5) is 0 Å². The van der Waals surface area contributed by atoms with Crippen LogP contribution >= 0.6 is 15.9 Å². The van der Waals surface area contributed by atoms with Gasteiger partial charge in [-0.1, -0.05) is 42.6 Å². The second-order valence-corrected chi connectivity index (χ2v) is 6.65. The molecule has 0 bridgehead atoms. The van der Waals surface area contributed by atoms with Crippen LogP contribution in [0, 0.1) is 5.92 Å². The molecule has 0 heterocycles. The lowest BCUT2D eigenvalue weighted by Crippen LogP contribution is -2.20. The van der Waals surface area contributed by atoms with Crippen molar-refractivity contribution in [3.8, 4) is 0 Å². The predicted molar refractivity (Wildman–Crippen MR) is 65.8 cm³/mol. The maximum absolute atomic E-state index is 11.6. The van der Waals surface area contributed by atoms with Crippen LogP contribution in [0.25, 0.3) is 0 Å². The van der Waals surface area contributed by atoms with E-state index in [1.807, 2.05) is 6.92 Å². The van der Waals surface area contributed by atoms with Crippen molar-refractivity contribution in [2.24, 2.45) is 5.92 Å². The summed E-state index contributed by atoms with van der Waals surface area (Å²) in [5.74, 6) is 1.00. The van der Waals surface area contributed by atoms with Gasteiger partial charge in [0.2, 0.25) is 0 Å². The van der Waals surface area contributed by atoms with Crippen molar-refractivity contribution in [2.45, 2.75) is 39.5 Å². The zero-order valence-corrected chi connectivity index (χ0v) is 11.5. The van der Waals surface area contributed by atoms with E-state index >= 15 is 0 Å². The van der Waals surface area contributed by atoms with E-state index in [1.165, 1.54) is 0 Å². The van der Waals surface area contributed by atoms with Crippen LogP contribution in [0.15, 0.2) is 0 Å². The Morgan fingerprint density at radius 2 is 1.86 bits per heavy atom. The molecular formula is C10H21BrO2S. The summed E-state index contributed by atoms with van der Waals surface area (Å²) in [5, 5.41) is 0.798. The van der Waals surface area contributed by atoms with E-state index in [4.69, 9.17) is 0 Å². The number of hydrogen-bond acceptors (Lipinski definition) is 2. The van der Waals surface area contributed by atoms with Crippen LogP contribution in [0.1, 0.15) is 39.5 Å². The van der Waals surface area contributed by atoms with Crippen LogP contribution in [0.5, 0.6) is 0 Å². The average Bonchev–Trinajstić information content (AvgIpc) is 2.14. The Labute approximate surface area is 96.5 Å². The van der Waals surface area contributed by atoms with Gasteiger partial charge in [0.05, 0.1) is 11.5 Å². The summed E-state index contributed by atoms with van der Waals surface area (Å²) < 4.78 is 23.2. The molecule has 0 aromatic heterocycles. The molecule has 14 heavy (non-hydrogen) atoms. The van der Waals surface area contributed by atoms with E-state index in [9.17, 15) is 8.42 Å². The fourth-order valence-electron chi connectivity index (χ4n) is 1.42. The monoisotopic (exact) mass is 284 g/mol. The molecule has 0 aromatic rings. The van der Waals surface area contributed by atoms with Crippen molar-refractivity contribution >= 4 is 25.8 Å². The molecule has 0 radical (unpaired) electrons. The molecule has 0 N–H and O–H groups in total. The zero-order valence-electron chi connectivity index (χ0n) is 9.13. The van der Waals surface area contributed by atoms with Crippen LogP contribution in [-0.2, 0) is 9.84 Å². The van der Waals surface area contributed by atoms with E-state index in [-0.39, 0.29) is 0 Å². The van der Waals surface area contributed by atoms with E-state index in [1.54, 1.807) is 0 Å². The maximum Gasteiger partial charge on any atom is 0.150 e. The van der Waals surface area contributed by atoms with Crippen LogP contribution in [0.2, 0.25) is 0 Å². The minimum absolute atomic E-state index is 0.293. The number of rotatable bonds is 8. The molecule has 0 aliphatic rings. The molecule has 0 amide bonds. The lowest BCUT2D eigenvalue weighted by atomic mass is 10.1. The average molecular weight is 285 g/mol. The number of hydrogen-bond donors (Lipinski definition) is 0. The first-order chi connectivity index (χ1) is 6.55. The summed E-state index contributed by atoms with van der Waals surface area (Å²) in [6.45, 7) is 4.11. The molecule has 0 aliphatic carbocycles. The van der Waals surface area contributed by atoms with Gasteiger partial charge in [-0.25, -0.2) is 8.42 Å². The molecule has 0 fully saturated rings. The smallest absolute Gasteiger partial charge is 0.150 e. The Balaban J connectivity index is 4.04. The number of sulfone groups is 1. The Morgan fingerprint density at radius 1 is 1.21 bits per heavy atom. The van der Waals surface area contributed by atoms with Crippen molar-refractivity contribution in [3.63, 3.8) is 0 Å². The van der Waals surface area contributed by atoms with Gasteiger partial charge in [0.15, 0.2) is 9.84 Å². The molecule has 0 spiro atoms. The molecule has 0 saturated carbocycles. The second-order valence-electron chi connectivity index (χ2n) is 3.78. The maximum atomic E-state index is 11.6. The standard InChI is InChI=1S/C10H21BrO2S/c1-3-5-7-14(12,13)9-10(8-11)6-4-2/h10H,3-9H2,1-2H3. The largest absolute Gasteiger partial charge is 0.229 e. The van der Waals surface area contributed by atoms with Crippen LogP contribution in [-0.4, -0.2) is 25.3 Å². The second kappa shape index (κ2) is 7.69. The van der Waals surface area contributed by atoms with Gasteiger partial charge in [-0.3, -0.25) is 0 Å². The SMILES string of the molecule is CCCCS(=O)(=O)CC(CBr)CCC. The van der Waals surface area contributed by atoms with E-state index < -0.39 is 9.84 Å². The molecule has 2 nitrogen and oxygen atoms in total. The molecule has 4 heteroatoms. The first kappa shape index (κ1) is 14.4. The molecule has 86 valence electrons. The van der Waals surface area contributed by atoms with Gasteiger partial charge in [-0.05, 0) is 18.8 Å². The molecule has 0 saturated heterocycles. The van der Waals surface area contributed by atoms with Gasteiger partial charge in [-0.15, -0.1) is 0 Å². The highest BCUT2D eigenvalue weighted by atomic mass is 79.9. The first-order valence-electron chi connectivity index (χ1n) is 5.32. The van der Waals surface area contributed by atoms with Crippen molar-refractivity contribution in [2.75, 3.05) is 16.8 Å². The fourth-order valence-corrected chi connectivity index (χ4v) is 4.17. The Kier molecular flexibility index (Phi) is 7.92. The number of halogens is 1. The number of alkyl halides is 1. The van der Waals surface area contributed by atoms with Crippen molar-refractivity contribution in [1.29, 1.82) is 0 Å². The van der Waals surface area contributed by atoms with Gasteiger partial charge >= 0.3 is 0 Å². The summed E-state index contributed by atoms with van der Waals surface area (Å²) in [6.07, 6.45) is 3.80. The third kappa shape index (κ3) is 6.82. The minimum atomic E-state index is -2.81. The lowest BCUT2D eigenvalue weighted by molar-refractivity contribution is 0.550. The number of unbranched alkanes of at least 4 members (excludes halogenated alkanes) is 1. The third-order valence-electron chi connectivity index (χ3n) is 2.21. The third-order valence-corrected chi connectivity index (χ3v) is 5.02. The van der Waals surface area contributed by atoms with Gasteiger partial charge in [0, 0.05) is 5.33 Å². The molecule has 0 rings (SSSR count). The molecule has 1 atom stereocenters. The van der Waals surface area contributed by atoms with Crippen molar-refractivity contribution < 1.29 is 8.42 Å². The quantitative estimate of drug-likeness (QED) is 0.642. The zero-order chi connectivity index (χ0) is 11.0. The summed E-state index contributed by atoms with van der Waals surface area (Å²) in [5.41, 5.74) is 0. The van der Waals surface area contributed by atoms with Gasteiger partial charge in [0.25, 0.3) is 0 Å².